The van der Waals surface area contributed by atoms with Crippen LogP contribution in [0.2, 0.25) is 0 Å². The molecule has 0 amide bonds. The maximum absolute atomic E-state index is 6.09. The molecule has 0 aliphatic carbocycles. The van der Waals surface area contributed by atoms with Crippen molar-refractivity contribution in [2.24, 2.45) is 5.73 Å². The van der Waals surface area contributed by atoms with E-state index >= 15 is 0 Å². The van der Waals surface area contributed by atoms with Crippen LogP contribution >= 0.6 is 0 Å². The van der Waals surface area contributed by atoms with Crippen molar-refractivity contribution in [3.63, 3.8) is 0 Å². The monoisotopic (exact) mass is 237 g/mol. The van der Waals surface area contributed by atoms with Gasteiger partial charge in [-0.05, 0) is 13.0 Å². The van der Waals surface area contributed by atoms with E-state index in [1.165, 1.54) is 0 Å². The second-order valence-corrected chi connectivity index (χ2v) is 4.50. The van der Waals surface area contributed by atoms with Crippen LogP contribution in [0.5, 0.6) is 11.5 Å². The number of hydrogen-bond donors (Lipinski definition) is 1. The van der Waals surface area contributed by atoms with Gasteiger partial charge in [-0.15, -0.1) is 0 Å². The summed E-state index contributed by atoms with van der Waals surface area (Å²) in [5.74, 6) is 1.59. The van der Waals surface area contributed by atoms with Crippen molar-refractivity contribution in [1.29, 1.82) is 0 Å². The summed E-state index contributed by atoms with van der Waals surface area (Å²) in [6.45, 7) is 3.30. The molecule has 0 aromatic heterocycles. The van der Waals surface area contributed by atoms with Crippen LogP contribution in [0.4, 0.5) is 0 Å². The normalized spacial score (nSPS) is 19.3. The summed E-state index contributed by atoms with van der Waals surface area (Å²) >= 11 is 0. The van der Waals surface area contributed by atoms with Crippen LogP contribution in [0.1, 0.15) is 12.5 Å². The predicted octanol–water partition coefficient (Wildman–Crippen LogP) is 1.32. The van der Waals surface area contributed by atoms with Gasteiger partial charge in [0, 0.05) is 17.7 Å². The van der Waals surface area contributed by atoms with E-state index in [1.807, 2.05) is 25.1 Å². The first kappa shape index (κ1) is 12.2. The van der Waals surface area contributed by atoms with Crippen molar-refractivity contribution in [3.05, 3.63) is 23.8 Å². The molecule has 2 N–H and O–H groups in total. The van der Waals surface area contributed by atoms with Crippen molar-refractivity contribution in [2.75, 3.05) is 27.4 Å². The van der Waals surface area contributed by atoms with Crippen molar-refractivity contribution >= 4 is 0 Å². The first-order valence-corrected chi connectivity index (χ1v) is 5.70. The minimum absolute atomic E-state index is 0.0264. The quantitative estimate of drug-likeness (QED) is 0.858. The Morgan fingerprint density at radius 1 is 1.29 bits per heavy atom. The van der Waals surface area contributed by atoms with Gasteiger partial charge in [0.2, 0.25) is 0 Å². The van der Waals surface area contributed by atoms with Crippen molar-refractivity contribution in [1.82, 2.24) is 0 Å². The van der Waals surface area contributed by atoms with Gasteiger partial charge < -0.3 is 19.9 Å². The zero-order valence-electron chi connectivity index (χ0n) is 10.5. The van der Waals surface area contributed by atoms with Gasteiger partial charge in [0.1, 0.15) is 11.5 Å². The summed E-state index contributed by atoms with van der Waals surface area (Å²) < 4.78 is 16.0. The van der Waals surface area contributed by atoms with Crippen molar-refractivity contribution in [3.8, 4) is 11.5 Å². The highest BCUT2D eigenvalue weighted by Gasteiger charge is 2.45. The molecule has 2 rings (SSSR count). The molecule has 0 radical (unpaired) electrons. The molecule has 0 saturated carbocycles. The molecule has 1 unspecified atom stereocenters. The van der Waals surface area contributed by atoms with Gasteiger partial charge in [0.25, 0.3) is 0 Å². The lowest BCUT2D eigenvalue weighted by Crippen LogP contribution is -2.57. The highest BCUT2D eigenvalue weighted by atomic mass is 16.5. The Morgan fingerprint density at radius 2 is 2.00 bits per heavy atom. The van der Waals surface area contributed by atoms with Crippen LogP contribution in [-0.2, 0) is 10.2 Å². The molecular formula is C13H19NO3. The Morgan fingerprint density at radius 3 is 2.41 bits per heavy atom. The molecular weight excluding hydrogens is 218 g/mol. The molecule has 4 nitrogen and oxygen atoms in total. The number of benzene rings is 1. The van der Waals surface area contributed by atoms with E-state index in [2.05, 4.69) is 0 Å². The number of rotatable bonds is 4. The van der Waals surface area contributed by atoms with E-state index in [0.717, 1.165) is 17.1 Å². The van der Waals surface area contributed by atoms with Gasteiger partial charge in [0.05, 0.1) is 32.8 Å². The second-order valence-electron chi connectivity index (χ2n) is 4.50. The SMILES string of the molecule is COc1ccc(C2(C(C)N)COC2)c(OC)c1. The van der Waals surface area contributed by atoms with E-state index in [1.54, 1.807) is 14.2 Å². The summed E-state index contributed by atoms with van der Waals surface area (Å²) in [5, 5.41) is 0. The summed E-state index contributed by atoms with van der Waals surface area (Å²) in [7, 11) is 3.30. The largest absolute Gasteiger partial charge is 0.497 e. The Hall–Kier alpha value is -1.26. The van der Waals surface area contributed by atoms with E-state index in [4.69, 9.17) is 19.9 Å². The number of methoxy groups -OCH3 is 2. The lowest BCUT2D eigenvalue weighted by atomic mass is 9.73. The number of hydrogen-bond acceptors (Lipinski definition) is 4. The third-order valence-corrected chi connectivity index (χ3v) is 3.54. The first-order chi connectivity index (χ1) is 8.14. The smallest absolute Gasteiger partial charge is 0.126 e. The minimum Gasteiger partial charge on any atom is -0.497 e. The van der Waals surface area contributed by atoms with Crippen LogP contribution in [0.15, 0.2) is 18.2 Å². The molecule has 1 aromatic rings. The average Bonchev–Trinajstić information content (AvgIpc) is 2.27. The summed E-state index contributed by atoms with van der Waals surface area (Å²) in [6, 6.07) is 5.86. The van der Waals surface area contributed by atoms with Crippen molar-refractivity contribution in [2.45, 2.75) is 18.4 Å². The first-order valence-electron chi connectivity index (χ1n) is 5.70. The summed E-state index contributed by atoms with van der Waals surface area (Å²) in [6.07, 6.45) is 0. The summed E-state index contributed by atoms with van der Waals surface area (Å²) in [5.41, 5.74) is 7.06. The Balaban J connectivity index is 2.43. The Kier molecular flexibility index (Phi) is 3.26. The molecule has 1 aliphatic rings. The maximum atomic E-state index is 6.09. The second kappa shape index (κ2) is 4.55. The van der Waals surface area contributed by atoms with Crippen molar-refractivity contribution < 1.29 is 14.2 Å². The minimum atomic E-state index is -0.127. The van der Waals surface area contributed by atoms with Gasteiger partial charge in [-0.3, -0.25) is 0 Å². The van der Waals surface area contributed by atoms with Crippen LogP contribution < -0.4 is 15.2 Å². The molecule has 94 valence electrons. The molecule has 17 heavy (non-hydrogen) atoms. The third-order valence-electron chi connectivity index (χ3n) is 3.54. The van der Waals surface area contributed by atoms with Crippen LogP contribution in [0.3, 0.4) is 0 Å². The maximum Gasteiger partial charge on any atom is 0.126 e. The van der Waals surface area contributed by atoms with E-state index < -0.39 is 0 Å². The molecule has 1 aromatic carbocycles. The van der Waals surface area contributed by atoms with Gasteiger partial charge in [-0.1, -0.05) is 6.07 Å². The Labute approximate surface area is 102 Å². The van der Waals surface area contributed by atoms with Crippen LogP contribution in [0.25, 0.3) is 0 Å². The van der Waals surface area contributed by atoms with E-state index in [9.17, 15) is 0 Å². The molecule has 1 heterocycles. The molecule has 1 atom stereocenters. The fourth-order valence-electron chi connectivity index (χ4n) is 2.20. The van der Waals surface area contributed by atoms with Gasteiger partial charge in [-0.25, -0.2) is 0 Å². The number of nitrogens with two attached hydrogens (primary N) is 1. The molecule has 1 fully saturated rings. The Bertz CT molecular complexity index is 400. The number of ether oxygens (including phenoxy) is 3. The zero-order chi connectivity index (χ0) is 12.5. The molecule has 1 saturated heterocycles. The fraction of sp³-hybridized carbons (Fsp3) is 0.538. The lowest BCUT2D eigenvalue weighted by Gasteiger charge is -2.45. The van der Waals surface area contributed by atoms with Gasteiger partial charge in [0.15, 0.2) is 0 Å². The van der Waals surface area contributed by atoms with E-state index in [0.29, 0.717) is 13.2 Å². The highest BCUT2D eigenvalue weighted by molar-refractivity contribution is 5.47. The van der Waals surface area contributed by atoms with Gasteiger partial charge in [-0.2, -0.15) is 0 Å². The molecule has 0 spiro atoms. The lowest BCUT2D eigenvalue weighted by molar-refractivity contribution is -0.0710. The van der Waals surface area contributed by atoms with Crippen LogP contribution in [0, 0.1) is 0 Å². The zero-order valence-corrected chi connectivity index (χ0v) is 10.5. The van der Waals surface area contributed by atoms with Crippen LogP contribution in [-0.4, -0.2) is 33.5 Å². The average molecular weight is 237 g/mol. The fourth-order valence-corrected chi connectivity index (χ4v) is 2.20. The van der Waals surface area contributed by atoms with Gasteiger partial charge >= 0.3 is 0 Å². The molecule has 4 heteroatoms. The third kappa shape index (κ3) is 1.87. The topological polar surface area (TPSA) is 53.7 Å². The summed E-state index contributed by atoms with van der Waals surface area (Å²) in [4.78, 5) is 0. The molecule has 1 aliphatic heterocycles. The standard InChI is InChI=1S/C13H19NO3/c1-9(14)13(7-17-8-13)11-5-4-10(15-2)6-12(11)16-3/h4-6,9H,7-8,14H2,1-3H3. The highest BCUT2D eigenvalue weighted by Crippen LogP contribution is 2.41. The molecule has 0 bridgehead atoms. The van der Waals surface area contributed by atoms with E-state index in [-0.39, 0.29) is 11.5 Å². The predicted molar refractivity (Wildman–Crippen MR) is 65.7 cm³/mol.